The first-order chi connectivity index (χ1) is 11.2. The zero-order chi connectivity index (χ0) is 16.2. The lowest BCUT2D eigenvalue weighted by molar-refractivity contribution is 0.178. The smallest absolute Gasteiger partial charge is 0.321 e. The second kappa shape index (κ2) is 7.03. The second-order valence-corrected chi connectivity index (χ2v) is 7.07. The summed E-state index contributed by atoms with van der Waals surface area (Å²) in [5.41, 5.74) is 0. The van der Waals surface area contributed by atoms with Crippen LogP contribution in [0.3, 0.4) is 0 Å². The number of rotatable bonds is 5. The fourth-order valence-electron chi connectivity index (χ4n) is 2.04. The summed E-state index contributed by atoms with van der Waals surface area (Å²) in [5.74, 6) is 0. The minimum atomic E-state index is -0.737. The predicted octanol–water partition coefficient (Wildman–Crippen LogP) is 3.17. The van der Waals surface area contributed by atoms with E-state index in [-0.39, 0.29) is 6.54 Å². The van der Waals surface area contributed by atoms with Gasteiger partial charge in [0.05, 0.1) is 6.54 Å². The maximum Gasteiger partial charge on any atom is 0.321 e. The summed E-state index contributed by atoms with van der Waals surface area (Å²) in [4.78, 5) is 12.7. The monoisotopic (exact) mass is 348 g/mol. The number of carbonyl (C=O) groups excluding carboxylic acids is 1. The molecule has 1 atom stereocenters. The van der Waals surface area contributed by atoms with Crippen LogP contribution in [0.5, 0.6) is 0 Å². The van der Waals surface area contributed by atoms with Gasteiger partial charge in [0.1, 0.15) is 11.1 Å². The average molecular weight is 348 g/mol. The third-order valence-corrected chi connectivity index (χ3v) is 5.42. The van der Waals surface area contributed by atoms with Crippen LogP contribution in [0.4, 0.5) is 9.93 Å². The van der Waals surface area contributed by atoms with Gasteiger partial charge in [0.15, 0.2) is 0 Å². The van der Waals surface area contributed by atoms with Gasteiger partial charge in [-0.1, -0.05) is 36.5 Å². The van der Waals surface area contributed by atoms with Crippen molar-refractivity contribution in [3.8, 4) is 0 Å². The topological polar surface area (TPSA) is 87.1 Å². The summed E-state index contributed by atoms with van der Waals surface area (Å²) in [5, 5.41) is 25.7. The fourth-order valence-corrected chi connectivity index (χ4v) is 3.77. The molecule has 1 unspecified atom stereocenters. The zero-order valence-corrected chi connectivity index (χ0v) is 14.1. The van der Waals surface area contributed by atoms with Gasteiger partial charge in [-0.15, -0.1) is 21.5 Å². The van der Waals surface area contributed by atoms with E-state index in [0.717, 1.165) is 26.4 Å². The number of aliphatic hydroxyl groups is 1. The van der Waals surface area contributed by atoms with Crippen LogP contribution in [-0.2, 0) is 6.42 Å². The molecule has 0 saturated heterocycles. The molecule has 120 valence electrons. The van der Waals surface area contributed by atoms with Crippen LogP contribution < -0.4 is 10.6 Å². The molecule has 0 spiro atoms. The molecule has 0 aliphatic rings. The summed E-state index contributed by atoms with van der Waals surface area (Å²) >= 11 is 2.87. The van der Waals surface area contributed by atoms with Gasteiger partial charge in [0.25, 0.3) is 0 Å². The molecule has 3 aromatic rings. The summed E-state index contributed by atoms with van der Waals surface area (Å²) in [7, 11) is 0. The highest BCUT2D eigenvalue weighted by atomic mass is 32.1. The fraction of sp³-hybridized carbons (Fsp3) is 0.267. The van der Waals surface area contributed by atoms with Crippen molar-refractivity contribution >= 4 is 43.9 Å². The van der Waals surface area contributed by atoms with Crippen molar-refractivity contribution in [2.75, 3.05) is 11.9 Å². The first-order valence-corrected chi connectivity index (χ1v) is 8.82. The number of nitrogens with one attached hydrogen (secondary N) is 2. The minimum Gasteiger partial charge on any atom is -0.386 e. The molecule has 0 aliphatic heterocycles. The van der Waals surface area contributed by atoms with Crippen LogP contribution in [0.2, 0.25) is 0 Å². The molecule has 0 radical (unpaired) electrons. The number of thiophene rings is 1. The van der Waals surface area contributed by atoms with Crippen molar-refractivity contribution in [1.29, 1.82) is 0 Å². The number of aliphatic hydroxyl groups excluding tert-OH is 1. The number of amides is 2. The van der Waals surface area contributed by atoms with E-state index in [1.807, 2.05) is 37.3 Å². The van der Waals surface area contributed by atoms with Crippen molar-refractivity contribution in [2.24, 2.45) is 0 Å². The van der Waals surface area contributed by atoms with Crippen LogP contribution in [0.1, 0.15) is 22.9 Å². The van der Waals surface area contributed by atoms with Crippen LogP contribution >= 0.6 is 22.7 Å². The Hall–Kier alpha value is -2.03. The molecule has 3 N–H and O–H groups in total. The van der Waals surface area contributed by atoms with E-state index >= 15 is 0 Å². The normalized spacial score (nSPS) is 12.3. The van der Waals surface area contributed by atoms with Gasteiger partial charge in [0, 0.05) is 9.58 Å². The van der Waals surface area contributed by atoms with Gasteiger partial charge in [-0.3, -0.25) is 5.32 Å². The molecule has 6 nitrogen and oxygen atoms in total. The average Bonchev–Trinajstić information content (AvgIpc) is 3.18. The quantitative estimate of drug-likeness (QED) is 0.661. The SMILES string of the molecule is CCc1nnc(NC(=O)NCC(O)c2cc3ccccc3s2)s1. The van der Waals surface area contributed by atoms with Crippen molar-refractivity contribution in [1.82, 2.24) is 15.5 Å². The highest BCUT2D eigenvalue weighted by molar-refractivity contribution is 7.19. The Kier molecular flexibility index (Phi) is 4.85. The third kappa shape index (κ3) is 3.84. The highest BCUT2D eigenvalue weighted by Crippen LogP contribution is 2.29. The first-order valence-electron chi connectivity index (χ1n) is 7.19. The number of anilines is 1. The number of hydrogen-bond donors (Lipinski definition) is 3. The van der Waals surface area contributed by atoms with E-state index in [1.54, 1.807) is 0 Å². The number of aromatic nitrogens is 2. The number of nitrogens with zero attached hydrogens (tertiary/aromatic N) is 2. The van der Waals surface area contributed by atoms with Crippen molar-refractivity contribution in [3.63, 3.8) is 0 Å². The van der Waals surface area contributed by atoms with Crippen molar-refractivity contribution < 1.29 is 9.90 Å². The van der Waals surface area contributed by atoms with Crippen LogP contribution in [-0.4, -0.2) is 27.9 Å². The lowest BCUT2D eigenvalue weighted by Gasteiger charge is -2.09. The number of carbonyl (C=O) groups is 1. The van der Waals surface area contributed by atoms with Gasteiger partial charge >= 0.3 is 6.03 Å². The zero-order valence-electron chi connectivity index (χ0n) is 12.4. The van der Waals surface area contributed by atoms with E-state index in [2.05, 4.69) is 20.8 Å². The first kappa shape index (κ1) is 15.9. The third-order valence-electron chi connectivity index (χ3n) is 3.22. The van der Waals surface area contributed by atoms with E-state index in [4.69, 9.17) is 0 Å². The van der Waals surface area contributed by atoms with E-state index < -0.39 is 12.1 Å². The lowest BCUT2D eigenvalue weighted by Crippen LogP contribution is -2.32. The molecule has 23 heavy (non-hydrogen) atoms. The standard InChI is InChI=1S/C15H16N4O2S2/c1-2-13-18-19-15(23-13)17-14(21)16-8-10(20)12-7-9-5-3-4-6-11(9)22-12/h3-7,10,20H,2,8H2,1H3,(H2,16,17,19,21). The van der Waals surface area contributed by atoms with E-state index in [1.165, 1.54) is 22.7 Å². The van der Waals surface area contributed by atoms with Gasteiger partial charge in [-0.25, -0.2) is 4.79 Å². The Labute approximate surface area is 141 Å². The number of benzene rings is 1. The van der Waals surface area contributed by atoms with Gasteiger partial charge in [0.2, 0.25) is 5.13 Å². The van der Waals surface area contributed by atoms with Gasteiger partial charge in [-0.05, 0) is 23.9 Å². The summed E-state index contributed by atoms with van der Waals surface area (Å²) in [6.45, 7) is 2.11. The largest absolute Gasteiger partial charge is 0.386 e. The Morgan fingerprint density at radius 1 is 1.30 bits per heavy atom. The Bertz CT molecular complexity index is 782. The summed E-state index contributed by atoms with van der Waals surface area (Å²) in [6, 6.07) is 9.49. The number of fused-ring (bicyclic) bond motifs is 1. The van der Waals surface area contributed by atoms with Crippen molar-refractivity contribution in [3.05, 3.63) is 40.2 Å². The van der Waals surface area contributed by atoms with Crippen LogP contribution in [0.15, 0.2) is 30.3 Å². The van der Waals surface area contributed by atoms with Crippen LogP contribution in [0, 0.1) is 0 Å². The molecule has 2 heterocycles. The number of aryl methyl sites for hydroxylation is 1. The van der Waals surface area contributed by atoms with Crippen LogP contribution in [0.25, 0.3) is 10.1 Å². The molecule has 8 heteroatoms. The molecule has 0 bridgehead atoms. The van der Waals surface area contributed by atoms with E-state index in [9.17, 15) is 9.90 Å². The minimum absolute atomic E-state index is 0.137. The predicted molar refractivity (Wildman–Crippen MR) is 93.1 cm³/mol. The molecule has 0 fully saturated rings. The molecule has 0 aliphatic carbocycles. The maximum absolute atomic E-state index is 11.8. The summed E-state index contributed by atoms with van der Waals surface area (Å²) in [6.07, 6.45) is 0.0461. The molecule has 3 rings (SSSR count). The van der Waals surface area contributed by atoms with E-state index in [0.29, 0.717) is 5.13 Å². The van der Waals surface area contributed by atoms with Gasteiger partial charge in [-0.2, -0.15) is 0 Å². The Morgan fingerprint density at radius 2 is 2.13 bits per heavy atom. The Balaban J connectivity index is 1.55. The molecule has 0 saturated carbocycles. The molecular formula is C15H16N4O2S2. The molecule has 1 aromatic carbocycles. The number of hydrogen-bond acceptors (Lipinski definition) is 6. The summed E-state index contributed by atoms with van der Waals surface area (Å²) < 4.78 is 1.12. The maximum atomic E-state index is 11.8. The highest BCUT2D eigenvalue weighted by Gasteiger charge is 2.13. The van der Waals surface area contributed by atoms with Gasteiger partial charge < -0.3 is 10.4 Å². The molecular weight excluding hydrogens is 332 g/mol. The molecule has 2 amide bonds. The second-order valence-electron chi connectivity index (χ2n) is 4.89. The number of urea groups is 1. The Morgan fingerprint density at radius 3 is 2.87 bits per heavy atom. The molecule has 2 aromatic heterocycles. The lowest BCUT2D eigenvalue weighted by atomic mass is 10.2. The van der Waals surface area contributed by atoms with Crippen molar-refractivity contribution in [2.45, 2.75) is 19.4 Å².